The van der Waals surface area contributed by atoms with Crippen LogP contribution in [0.3, 0.4) is 0 Å². The van der Waals surface area contributed by atoms with Crippen LogP contribution in [0.1, 0.15) is 67.5 Å². The van der Waals surface area contributed by atoms with E-state index in [-0.39, 0.29) is 18.4 Å². The third-order valence-electron chi connectivity index (χ3n) is 6.16. The number of nitrogens with one attached hydrogen (secondary N) is 1. The number of fused-ring (bicyclic) bond motifs is 2. The fourth-order valence-electron chi connectivity index (χ4n) is 4.31. The molecule has 1 atom stereocenters. The molecule has 2 aromatic carbocycles. The Bertz CT molecular complexity index is 1370. The van der Waals surface area contributed by atoms with E-state index < -0.39 is 6.10 Å². The molecule has 0 bridgehead atoms. The maximum atomic E-state index is 13.2. The molecule has 0 radical (unpaired) electrons. The molecule has 1 heterocycles. The van der Waals surface area contributed by atoms with Crippen LogP contribution in [0.2, 0.25) is 0 Å². The third-order valence-corrected chi connectivity index (χ3v) is 7.76. The summed E-state index contributed by atoms with van der Waals surface area (Å²) < 4.78 is 13.7. The summed E-state index contributed by atoms with van der Waals surface area (Å²) in [6.45, 7) is 2.19. The summed E-state index contributed by atoms with van der Waals surface area (Å²) >= 11 is 7.10. The van der Waals surface area contributed by atoms with Crippen molar-refractivity contribution in [2.75, 3.05) is 5.73 Å². The van der Waals surface area contributed by atoms with Gasteiger partial charge in [0.1, 0.15) is 6.10 Å². The first kappa shape index (κ1) is 28.2. The molecule has 1 unspecified atom stereocenters. The van der Waals surface area contributed by atoms with E-state index in [1.54, 1.807) is 18.2 Å². The molecule has 4 rings (SSSR count). The van der Waals surface area contributed by atoms with Crippen molar-refractivity contribution in [1.82, 2.24) is 0 Å². The number of halogens is 3. The van der Waals surface area contributed by atoms with E-state index >= 15 is 0 Å². The largest absolute Gasteiger partial charge is 0.454 e. The summed E-state index contributed by atoms with van der Waals surface area (Å²) in [5.74, 6) is 0.162. The van der Waals surface area contributed by atoms with E-state index in [1.165, 1.54) is 12.8 Å². The zero-order valence-corrected chi connectivity index (χ0v) is 24.0. The predicted octanol–water partition coefficient (Wildman–Crippen LogP) is 8.80. The van der Waals surface area contributed by atoms with E-state index in [4.69, 9.17) is 20.3 Å². The van der Waals surface area contributed by atoms with Crippen LogP contribution in [0.25, 0.3) is 22.3 Å². The van der Waals surface area contributed by atoms with Crippen LogP contribution in [0.15, 0.2) is 68.0 Å². The first-order chi connectivity index (χ1) is 16.9. The number of anilines is 1. The number of nitrogen functional groups attached to an aromatic ring is 1. The van der Waals surface area contributed by atoms with E-state index in [1.807, 2.05) is 36.4 Å². The lowest BCUT2D eigenvalue weighted by Crippen LogP contribution is -2.15. The maximum Gasteiger partial charge on any atom is 0.338 e. The van der Waals surface area contributed by atoms with Crippen molar-refractivity contribution in [2.24, 2.45) is 0 Å². The molecule has 3 N–H and O–H groups in total. The molecule has 0 aromatic heterocycles. The molecule has 5 nitrogen and oxygen atoms in total. The molecule has 0 saturated carbocycles. The van der Waals surface area contributed by atoms with Crippen molar-refractivity contribution in [1.29, 1.82) is 5.41 Å². The minimum Gasteiger partial charge on any atom is -0.454 e. The zero-order chi connectivity index (χ0) is 24.9. The molecule has 1 aliphatic heterocycles. The summed E-state index contributed by atoms with van der Waals surface area (Å²) in [5.41, 5.74) is 9.45. The molecule has 0 saturated heterocycles. The lowest BCUT2D eigenvalue weighted by atomic mass is 9.92. The van der Waals surface area contributed by atoms with Gasteiger partial charge in [-0.15, -0.1) is 12.4 Å². The fraction of sp³-hybridized carbons (Fsp3) is 0.286. The Morgan fingerprint density at radius 1 is 1.00 bits per heavy atom. The molecule has 36 heavy (non-hydrogen) atoms. The highest BCUT2D eigenvalue weighted by Crippen LogP contribution is 2.45. The first-order valence-corrected chi connectivity index (χ1v) is 13.4. The molecule has 8 heteroatoms. The molecule has 190 valence electrons. The summed E-state index contributed by atoms with van der Waals surface area (Å²) in [6, 6.07) is 16.4. The highest BCUT2D eigenvalue weighted by molar-refractivity contribution is 9.11. The van der Waals surface area contributed by atoms with Crippen LogP contribution in [-0.4, -0.2) is 5.97 Å². The lowest BCUT2D eigenvalue weighted by Gasteiger charge is -2.24. The monoisotopic (exact) mass is 634 g/mol. The number of benzene rings is 3. The van der Waals surface area contributed by atoms with Gasteiger partial charge in [0.2, 0.25) is 0 Å². The average molecular weight is 637 g/mol. The van der Waals surface area contributed by atoms with Crippen molar-refractivity contribution < 1.29 is 13.9 Å². The van der Waals surface area contributed by atoms with E-state index in [2.05, 4.69) is 38.8 Å². The number of ether oxygens (including phenoxy) is 1. The van der Waals surface area contributed by atoms with Crippen molar-refractivity contribution >= 4 is 66.9 Å². The minimum atomic E-state index is -0.496. The molecule has 0 fully saturated rings. The Labute approximate surface area is 233 Å². The Kier molecular flexibility index (Phi) is 10.00. The normalized spacial score (nSPS) is 11.9. The standard InChI is InChI=1S/C28H28Br2N2O3.ClH/c1-2-3-4-5-9-12-22(34-28(33)17-10-7-6-8-11-17)23-18-13-15-20(31)24(29)26(18)35-27-19(23)14-16-21(32)25(27)30;/h6-8,10-11,13-16,22,31H,2-5,9,12,32H2,1H3;1H. The number of unbranched alkanes of at least 4 members (excludes halogenated alkanes) is 4. The van der Waals surface area contributed by atoms with Gasteiger partial charge in [0.05, 0.1) is 19.9 Å². The molecular weight excluding hydrogens is 608 g/mol. The molecule has 2 aliphatic rings. The van der Waals surface area contributed by atoms with Gasteiger partial charge in [0.25, 0.3) is 0 Å². The average Bonchev–Trinajstić information content (AvgIpc) is 2.87. The second-order valence-corrected chi connectivity index (χ2v) is 10.2. The minimum absolute atomic E-state index is 0. The Morgan fingerprint density at radius 3 is 2.44 bits per heavy atom. The summed E-state index contributed by atoms with van der Waals surface area (Å²) in [6.07, 6.45) is 5.68. The Hall–Kier alpha value is -2.35. The highest BCUT2D eigenvalue weighted by Gasteiger charge is 2.28. The molecular formula is C28H29Br2ClN2O3. The summed E-state index contributed by atoms with van der Waals surface area (Å²) in [5, 5.41) is 9.39. The molecule has 0 amide bonds. The number of rotatable bonds is 9. The molecule has 0 spiro atoms. The van der Waals surface area contributed by atoms with Gasteiger partial charge in [-0.2, -0.15) is 0 Å². The first-order valence-electron chi connectivity index (χ1n) is 11.9. The van der Waals surface area contributed by atoms with Gasteiger partial charge in [-0.1, -0.05) is 50.8 Å². The quantitative estimate of drug-likeness (QED) is 0.0832. The maximum absolute atomic E-state index is 13.2. The fourth-order valence-corrected chi connectivity index (χ4v) is 5.17. The second-order valence-electron chi connectivity index (χ2n) is 8.63. The number of esters is 1. The number of hydrogen-bond donors (Lipinski definition) is 2. The van der Waals surface area contributed by atoms with Crippen LogP contribution >= 0.6 is 44.3 Å². The number of nitrogens with two attached hydrogens (primary N) is 1. The van der Waals surface area contributed by atoms with Crippen molar-refractivity contribution in [3.05, 3.63) is 80.0 Å². The smallest absolute Gasteiger partial charge is 0.338 e. The van der Waals surface area contributed by atoms with Gasteiger partial charge < -0.3 is 14.9 Å². The van der Waals surface area contributed by atoms with Gasteiger partial charge >= 0.3 is 5.97 Å². The van der Waals surface area contributed by atoms with Crippen LogP contribution in [-0.2, 0) is 4.74 Å². The van der Waals surface area contributed by atoms with E-state index in [0.717, 1.165) is 35.8 Å². The topological polar surface area (TPSA) is 89.3 Å². The summed E-state index contributed by atoms with van der Waals surface area (Å²) in [4.78, 5) is 13.2. The van der Waals surface area contributed by atoms with E-state index in [9.17, 15) is 4.79 Å². The zero-order valence-electron chi connectivity index (χ0n) is 20.0. The summed E-state index contributed by atoms with van der Waals surface area (Å²) in [7, 11) is 0. The SMILES string of the molecule is CCCCCCCC(OC(=O)c1ccccc1)c1c2ccc(=N)c(Br)c-2oc2c(Br)c(N)ccc12.Cl. The lowest BCUT2D eigenvalue weighted by molar-refractivity contribution is 0.0274. The van der Waals surface area contributed by atoms with Crippen LogP contribution in [0.5, 0.6) is 0 Å². The second kappa shape index (κ2) is 12.7. The Morgan fingerprint density at radius 2 is 1.72 bits per heavy atom. The van der Waals surface area contributed by atoms with Crippen LogP contribution in [0, 0.1) is 5.41 Å². The molecule has 2 aromatic rings. The van der Waals surface area contributed by atoms with Crippen molar-refractivity contribution in [3.63, 3.8) is 0 Å². The van der Waals surface area contributed by atoms with E-state index in [0.29, 0.717) is 43.3 Å². The highest BCUT2D eigenvalue weighted by atomic mass is 79.9. The van der Waals surface area contributed by atoms with Gasteiger partial charge in [0.15, 0.2) is 11.3 Å². The number of carbonyl (C=O) groups is 1. The van der Waals surface area contributed by atoms with Crippen LogP contribution < -0.4 is 11.1 Å². The Balaban J connectivity index is 0.00000361. The van der Waals surface area contributed by atoms with Gasteiger partial charge in [-0.25, -0.2) is 4.79 Å². The van der Waals surface area contributed by atoms with Gasteiger partial charge in [-0.05, 0) is 81.1 Å². The van der Waals surface area contributed by atoms with Crippen molar-refractivity contribution in [2.45, 2.75) is 51.6 Å². The number of hydrogen-bond acceptors (Lipinski definition) is 5. The van der Waals surface area contributed by atoms with Crippen molar-refractivity contribution in [3.8, 4) is 11.3 Å². The predicted molar refractivity (Wildman–Crippen MR) is 154 cm³/mol. The third kappa shape index (κ3) is 5.96. The van der Waals surface area contributed by atoms with Crippen LogP contribution in [0.4, 0.5) is 5.69 Å². The van der Waals surface area contributed by atoms with Gasteiger partial charge in [0, 0.05) is 22.2 Å². The number of carbonyl (C=O) groups excluding carboxylic acids is 1. The molecule has 1 aliphatic carbocycles. The van der Waals surface area contributed by atoms with Gasteiger partial charge in [-0.3, -0.25) is 5.41 Å².